The number of nitrogens with one attached hydrogen (secondary N) is 2. The summed E-state index contributed by atoms with van der Waals surface area (Å²) in [7, 11) is 0. The maximum atomic E-state index is 12.6. The monoisotopic (exact) mass is 374 g/mol. The molecule has 2 amide bonds. The Labute approximate surface area is 164 Å². The molecule has 1 aromatic carbocycles. The van der Waals surface area contributed by atoms with Gasteiger partial charge in [-0.05, 0) is 47.4 Å². The predicted octanol–water partition coefficient (Wildman–Crippen LogP) is 3.78. The third-order valence-corrected chi connectivity index (χ3v) is 4.29. The highest BCUT2D eigenvalue weighted by molar-refractivity contribution is 6.05. The van der Waals surface area contributed by atoms with E-state index >= 15 is 0 Å². The lowest BCUT2D eigenvalue weighted by Crippen LogP contribution is -2.24. The molecule has 0 aliphatic rings. The Hall–Kier alpha value is -3.54. The molecule has 2 heterocycles. The molecule has 0 fully saturated rings. The Kier molecular flexibility index (Phi) is 6.11. The highest BCUT2D eigenvalue weighted by Crippen LogP contribution is 2.24. The zero-order valence-corrected chi connectivity index (χ0v) is 15.8. The quantitative estimate of drug-likeness (QED) is 0.688. The van der Waals surface area contributed by atoms with Crippen molar-refractivity contribution in [3.63, 3.8) is 0 Å². The average molecular weight is 374 g/mol. The van der Waals surface area contributed by atoms with Gasteiger partial charge in [0.1, 0.15) is 5.69 Å². The first-order valence-corrected chi connectivity index (χ1v) is 9.08. The largest absolute Gasteiger partial charge is 0.348 e. The van der Waals surface area contributed by atoms with Gasteiger partial charge in [0.2, 0.25) is 0 Å². The third kappa shape index (κ3) is 4.79. The molecule has 0 aliphatic carbocycles. The fourth-order valence-electron chi connectivity index (χ4n) is 2.78. The van der Waals surface area contributed by atoms with Crippen LogP contribution in [0.1, 0.15) is 51.7 Å². The number of hydrogen-bond acceptors (Lipinski definition) is 4. The van der Waals surface area contributed by atoms with Crippen LogP contribution < -0.4 is 10.6 Å². The van der Waals surface area contributed by atoms with E-state index in [4.69, 9.17) is 0 Å². The van der Waals surface area contributed by atoms with E-state index in [1.54, 1.807) is 18.5 Å². The normalized spacial score (nSPS) is 10.5. The van der Waals surface area contributed by atoms with Crippen molar-refractivity contribution in [2.75, 3.05) is 5.32 Å². The van der Waals surface area contributed by atoms with Crippen LogP contribution in [-0.2, 0) is 6.54 Å². The number of carbonyl (C=O) groups excluding carboxylic acids is 2. The first-order valence-electron chi connectivity index (χ1n) is 9.08. The molecule has 3 aromatic rings. The van der Waals surface area contributed by atoms with Gasteiger partial charge in [-0.15, -0.1) is 0 Å². The standard InChI is InChI=1S/C22H22N4O2/c1-15(2)18-5-3-4-6-19(18)26-22(28)20-13-17(9-12-24-20)21(27)25-14-16-7-10-23-11-8-16/h3-13,15H,14H2,1-2H3,(H,25,27)(H,26,28). The van der Waals surface area contributed by atoms with Gasteiger partial charge < -0.3 is 10.6 Å². The molecular weight excluding hydrogens is 352 g/mol. The number of rotatable bonds is 6. The summed E-state index contributed by atoms with van der Waals surface area (Å²) in [6.07, 6.45) is 4.81. The summed E-state index contributed by atoms with van der Waals surface area (Å²) in [6, 6.07) is 14.4. The van der Waals surface area contributed by atoms with Crippen LogP contribution in [0.25, 0.3) is 0 Å². The Bertz CT molecular complexity index is 971. The second-order valence-corrected chi connectivity index (χ2v) is 6.66. The van der Waals surface area contributed by atoms with Crippen molar-refractivity contribution in [2.24, 2.45) is 0 Å². The van der Waals surface area contributed by atoms with Crippen LogP contribution in [0.4, 0.5) is 5.69 Å². The van der Waals surface area contributed by atoms with Gasteiger partial charge in [-0.3, -0.25) is 19.6 Å². The first-order chi connectivity index (χ1) is 13.5. The summed E-state index contributed by atoms with van der Waals surface area (Å²) in [5.74, 6) is -0.345. The number of nitrogens with zero attached hydrogens (tertiary/aromatic N) is 2. The van der Waals surface area contributed by atoms with Gasteiger partial charge in [0.05, 0.1) is 0 Å². The van der Waals surface area contributed by atoms with Gasteiger partial charge in [0, 0.05) is 36.4 Å². The van der Waals surface area contributed by atoms with Gasteiger partial charge in [0.25, 0.3) is 11.8 Å². The van der Waals surface area contributed by atoms with E-state index in [1.807, 2.05) is 36.4 Å². The van der Waals surface area contributed by atoms with Crippen molar-refractivity contribution in [1.82, 2.24) is 15.3 Å². The SMILES string of the molecule is CC(C)c1ccccc1NC(=O)c1cc(C(=O)NCc2ccncc2)ccn1. The summed E-state index contributed by atoms with van der Waals surface area (Å²) >= 11 is 0. The van der Waals surface area contributed by atoms with Crippen molar-refractivity contribution in [1.29, 1.82) is 0 Å². The molecule has 0 atom stereocenters. The molecule has 2 N–H and O–H groups in total. The van der Waals surface area contributed by atoms with Crippen LogP contribution >= 0.6 is 0 Å². The molecule has 6 nitrogen and oxygen atoms in total. The van der Waals surface area contributed by atoms with E-state index in [1.165, 1.54) is 12.3 Å². The first kappa shape index (κ1) is 19.2. The van der Waals surface area contributed by atoms with Gasteiger partial charge in [-0.1, -0.05) is 32.0 Å². The minimum Gasteiger partial charge on any atom is -0.348 e. The van der Waals surface area contributed by atoms with Crippen LogP contribution in [0, 0.1) is 0 Å². The van der Waals surface area contributed by atoms with Gasteiger partial charge in [-0.2, -0.15) is 0 Å². The number of amides is 2. The van der Waals surface area contributed by atoms with E-state index in [9.17, 15) is 9.59 Å². The van der Waals surface area contributed by atoms with E-state index in [0.717, 1.165) is 16.8 Å². The fourth-order valence-corrected chi connectivity index (χ4v) is 2.78. The van der Waals surface area contributed by atoms with Crippen molar-refractivity contribution in [3.8, 4) is 0 Å². The maximum Gasteiger partial charge on any atom is 0.274 e. The van der Waals surface area contributed by atoms with Crippen molar-refractivity contribution in [3.05, 3.63) is 89.5 Å². The zero-order chi connectivity index (χ0) is 19.9. The number of para-hydroxylation sites is 1. The van der Waals surface area contributed by atoms with E-state index in [-0.39, 0.29) is 23.4 Å². The lowest BCUT2D eigenvalue weighted by molar-refractivity contribution is 0.0950. The van der Waals surface area contributed by atoms with Crippen molar-refractivity contribution < 1.29 is 9.59 Å². The summed E-state index contributed by atoms with van der Waals surface area (Å²) < 4.78 is 0. The van der Waals surface area contributed by atoms with E-state index in [2.05, 4.69) is 34.4 Å². The van der Waals surface area contributed by atoms with Crippen molar-refractivity contribution >= 4 is 17.5 Å². The number of aromatic nitrogens is 2. The number of carbonyl (C=O) groups is 2. The smallest absolute Gasteiger partial charge is 0.274 e. The number of hydrogen-bond donors (Lipinski definition) is 2. The number of benzene rings is 1. The second kappa shape index (κ2) is 8.90. The molecule has 0 saturated heterocycles. The molecule has 0 bridgehead atoms. The topological polar surface area (TPSA) is 84.0 Å². The average Bonchev–Trinajstić information content (AvgIpc) is 2.73. The molecule has 2 aromatic heterocycles. The number of anilines is 1. The summed E-state index contributed by atoms with van der Waals surface area (Å²) in [6.45, 7) is 4.51. The Morgan fingerprint density at radius 1 is 0.964 bits per heavy atom. The lowest BCUT2D eigenvalue weighted by atomic mass is 10.0. The Morgan fingerprint density at radius 3 is 2.46 bits per heavy atom. The molecule has 6 heteroatoms. The molecule has 142 valence electrons. The van der Waals surface area contributed by atoms with Gasteiger partial charge in [0.15, 0.2) is 0 Å². The second-order valence-electron chi connectivity index (χ2n) is 6.66. The molecule has 0 spiro atoms. The van der Waals surface area contributed by atoms with Crippen LogP contribution in [0.2, 0.25) is 0 Å². The van der Waals surface area contributed by atoms with E-state index < -0.39 is 0 Å². The van der Waals surface area contributed by atoms with Crippen LogP contribution in [0.5, 0.6) is 0 Å². The van der Waals surface area contributed by atoms with E-state index in [0.29, 0.717) is 12.1 Å². The zero-order valence-electron chi connectivity index (χ0n) is 15.8. The van der Waals surface area contributed by atoms with Gasteiger partial charge in [-0.25, -0.2) is 0 Å². The molecule has 0 unspecified atom stereocenters. The van der Waals surface area contributed by atoms with Crippen LogP contribution in [0.3, 0.4) is 0 Å². The predicted molar refractivity (Wildman–Crippen MR) is 108 cm³/mol. The van der Waals surface area contributed by atoms with Crippen LogP contribution in [-0.4, -0.2) is 21.8 Å². The molecule has 0 aliphatic heterocycles. The summed E-state index contributed by atoms with van der Waals surface area (Å²) in [4.78, 5) is 33.1. The van der Waals surface area contributed by atoms with Gasteiger partial charge >= 0.3 is 0 Å². The number of pyridine rings is 2. The Balaban J connectivity index is 1.70. The van der Waals surface area contributed by atoms with Crippen molar-refractivity contribution in [2.45, 2.75) is 26.3 Å². The third-order valence-electron chi connectivity index (χ3n) is 4.29. The maximum absolute atomic E-state index is 12.6. The Morgan fingerprint density at radius 2 is 1.71 bits per heavy atom. The highest BCUT2D eigenvalue weighted by atomic mass is 16.2. The minimum absolute atomic E-state index is 0.190. The molecule has 0 saturated carbocycles. The highest BCUT2D eigenvalue weighted by Gasteiger charge is 2.14. The lowest BCUT2D eigenvalue weighted by Gasteiger charge is -2.13. The van der Waals surface area contributed by atoms with Crippen LogP contribution in [0.15, 0.2) is 67.1 Å². The summed E-state index contributed by atoms with van der Waals surface area (Å²) in [5, 5.41) is 5.72. The molecular formula is C22H22N4O2. The molecule has 3 rings (SSSR count). The minimum atomic E-state index is -0.350. The molecule has 0 radical (unpaired) electrons. The fraction of sp³-hybridized carbons (Fsp3) is 0.182. The summed E-state index contributed by atoms with van der Waals surface area (Å²) in [5.41, 5.74) is 3.31. The molecule has 28 heavy (non-hydrogen) atoms.